The number of benzene rings is 1. The molecular weight excluding hydrogens is 259 g/mol. The molecule has 2 rings (SSSR count). The van der Waals surface area contributed by atoms with Crippen LogP contribution in [0.2, 0.25) is 0 Å². The van der Waals surface area contributed by atoms with Crippen molar-refractivity contribution >= 4 is 5.97 Å². The molecule has 0 aliphatic carbocycles. The minimum absolute atomic E-state index is 0.269. The summed E-state index contributed by atoms with van der Waals surface area (Å²) in [5.74, 6) is -1.31. The molecule has 1 fully saturated rings. The number of likely N-dealkylation sites (tertiary alicyclic amines) is 1. The zero-order valence-corrected chi connectivity index (χ0v) is 12.1. The highest BCUT2D eigenvalue weighted by atomic mass is 19.1. The molecule has 5 heteroatoms. The molecule has 1 aromatic carbocycles. The first-order valence-electron chi connectivity index (χ1n) is 6.79. The molecule has 20 heavy (non-hydrogen) atoms. The number of carboxylic acids is 1. The molecular formula is C15H21FN2O2. The van der Waals surface area contributed by atoms with Crippen LogP contribution in [0, 0.1) is 11.7 Å². The molecule has 1 saturated heterocycles. The van der Waals surface area contributed by atoms with Gasteiger partial charge in [0.25, 0.3) is 0 Å². The number of aromatic carboxylic acids is 1. The number of hydrogen-bond donors (Lipinski definition) is 1. The number of hydrogen-bond acceptors (Lipinski definition) is 3. The van der Waals surface area contributed by atoms with E-state index in [-0.39, 0.29) is 5.56 Å². The van der Waals surface area contributed by atoms with Crippen LogP contribution in [0.25, 0.3) is 0 Å². The summed E-state index contributed by atoms with van der Waals surface area (Å²) in [6.07, 6.45) is 0. The Balaban J connectivity index is 2.05. The van der Waals surface area contributed by atoms with Crippen LogP contribution in [0.1, 0.15) is 22.8 Å². The molecule has 1 aromatic rings. The third kappa shape index (κ3) is 3.16. The molecule has 2 atom stereocenters. The number of nitrogens with zero attached hydrogens (tertiary/aromatic N) is 2. The van der Waals surface area contributed by atoms with Gasteiger partial charge < -0.3 is 10.0 Å². The van der Waals surface area contributed by atoms with E-state index in [2.05, 4.69) is 30.8 Å². The molecule has 110 valence electrons. The average Bonchev–Trinajstić information content (AvgIpc) is 2.70. The maximum absolute atomic E-state index is 13.6. The third-order valence-electron chi connectivity index (χ3n) is 3.98. The monoisotopic (exact) mass is 280 g/mol. The third-order valence-corrected chi connectivity index (χ3v) is 3.98. The minimum atomic E-state index is -1.23. The molecule has 0 bridgehead atoms. The SMILES string of the molecule is CC1CN(Cc2ccc(C(=O)O)c(F)c2)CC1N(C)C. The fourth-order valence-corrected chi connectivity index (χ4v) is 2.94. The van der Waals surface area contributed by atoms with Gasteiger partial charge in [0.05, 0.1) is 5.56 Å². The summed E-state index contributed by atoms with van der Waals surface area (Å²) in [5.41, 5.74) is 0.550. The summed E-state index contributed by atoms with van der Waals surface area (Å²) in [6, 6.07) is 4.88. The van der Waals surface area contributed by atoms with Gasteiger partial charge in [0.1, 0.15) is 5.82 Å². The van der Waals surface area contributed by atoms with Gasteiger partial charge in [-0.05, 0) is 37.7 Å². The maximum Gasteiger partial charge on any atom is 0.338 e. The Morgan fingerprint density at radius 2 is 2.15 bits per heavy atom. The van der Waals surface area contributed by atoms with Crippen LogP contribution < -0.4 is 0 Å². The molecule has 0 amide bonds. The van der Waals surface area contributed by atoms with Gasteiger partial charge in [-0.25, -0.2) is 9.18 Å². The van der Waals surface area contributed by atoms with E-state index in [9.17, 15) is 9.18 Å². The smallest absolute Gasteiger partial charge is 0.338 e. The predicted molar refractivity (Wildman–Crippen MR) is 75.3 cm³/mol. The Labute approximate surface area is 118 Å². The first-order valence-corrected chi connectivity index (χ1v) is 6.79. The summed E-state index contributed by atoms with van der Waals surface area (Å²) in [6.45, 7) is 4.81. The quantitative estimate of drug-likeness (QED) is 0.915. The van der Waals surface area contributed by atoms with Crippen LogP contribution in [0.3, 0.4) is 0 Å². The number of halogens is 1. The van der Waals surface area contributed by atoms with Crippen molar-refractivity contribution in [2.75, 3.05) is 27.2 Å². The standard InChI is InChI=1S/C15H21FN2O2/c1-10-7-18(9-14(10)17(2)3)8-11-4-5-12(15(19)20)13(16)6-11/h4-6,10,14H,7-9H2,1-3H3,(H,19,20). The Morgan fingerprint density at radius 3 is 2.65 bits per heavy atom. The van der Waals surface area contributed by atoms with Gasteiger partial charge in [0.2, 0.25) is 0 Å². The molecule has 0 aromatic heterocycles. The highest BCUT2D eigenvalue weighted by Gasteiger charge is 2.30. The van der Waals surface area contributed by atoms with Gasteiger partial charge >= 0.3 is 5.97 Å². The summed E-state index contributed by atoms with van der Waals surface area (Å²) >= 11 is 0. The summed E-state index contributed by atoms with van der Waals surface area (Å²) in [4.78, 5) is 15.3. The van der Waals surface area contributed by atoms with E-state index >= 15 is 0 Å². The summed E-state index contributed by atoms with van der Waals surface area (Å²) in [5, 5.41) is 8.82. The van der Waals surface area contributed by atoms with Gasteiger partial charge in [0.15, 0.2) is 0 Å². The molecule has 1 N–H and O–H groups in total. The van der Waals surface area contributed by atoms with Crippen LogP contribution in [0.5, 0.6) is 0 Å². The Hall–Kier alpha value is -1.46. The molecule has 0 saturated carbocycles. The normalized spacial score (nSPS) is 23.4. The highest BCUT2D eigenvalue weighted by Crippen LogP contribution is 2.22. The van der Waals surface area contributed by atoms with Gasteiger partial charge in [-0.2, -0.15) is 0 Å². The average molecular weight is 280 g/mol. The molecule has 4 nitrogen and oxygen atoms in total. The lowest BCUT2D eigenvalue weighted by molar-refractivity contribution is 0.0692. The van der Waals surface area contributed by atoms with E-state index in [1.165, 1.54) is 12.1 Å². The van der Waals surface area contributed by atoms with Crippen LogP contribution in [0.4, 0.5) is 4.39 Å². The maximum atomic E-state index is 13.6. The van der Waals surface area contributed by atoms with Gasteiger partial charge in [0, 0.05) is 25.7 Å². The van der Waals surface area contributed by atoms with Gasteiger partial charge in [-0.1, -0.05) is 13.0 Å². The van der Waals surface area contributed by atoms with Crippen molar-refractivity contribution in [2.24, 2.45) is 5.92 Å². The van der Waals surface area contributed by atoms with E-state index in [1.54, 1.807) is 6.07 Å². The highest BCUT2D eigenvalue weighted by molar-refractivity contribution is 5.87. The molecule has 1 aliphatic heterocycles. The van der Waals surface area contributed by atoms with Crippen molar-refractivity contribution in [3.63, 3.8) is 0 Å². The summed E-state index contributed by atoms with van der Waals surface area (Å²) in [7, 11) is 4.15. The topological polar surface area (TPSA) is 43.8 Å². The molecule has 0 radical (unpaired) electrons. The van der Waals surface area contributed by atoms with Gasteiger partial charge in [-0.15, -0.1) is 0 Å². The molecule has 1 heterocycles. The van der Waals surface area contributed by atoms with Crippen molar-refractivity contribution in [1.29, 1.82) is 0 Å². The first-order chi connectivity index (χ1) is 9.38. The molecule has 0 spiro atoms. The number of rotatable bonds is 4. The minimum Gasteiger partial charge on any atom is -0.478 e. The summed E-state index contributed by atoms with van der Waals surface area (Å²) < 4.78 is 13.6. The van der Waals surface area contributed by atoms with Crippen LogP contribution in [0.15, 0.2) is 18.2 Å². The number of carbonyl (C=O) groups is 1. The second-order valence-electron chi connectivity index (χ2n) is 5.82. The van der Waals surface area contributed by atoms with E-state index in [1.807, 2.05) is 0 Å². The van der Waals surface area contributed by atoms with Gasteiger partial charge in [-0.3, -0.25) is 4.90 Å². The van der Waals surface area contributed by atoms with Crippen molar-refractivity contribution in [3.8, 4) is 0 Å². The second-order valence-corrected chi connectivity index (χ2v) is 5.82. The van der Waals surface area contributed by atoms with Crippen molar-refractivity contribution in [1.82, 2.24) is 9.80 Å². The van der Waals surface area contributed by atoms with Crippen LogP contribution in [-0.4, -0.2) is 54.1 Å². The predicted octanol–water partition coefficient (Wildman–Crippen LogP) is 1.91. The zero-order chi connectivity index (χ0) is 14.9. The zero-order valence-electron chi connectivity index (χ0n) is 12.1. The Kier molecular flexibility index (Phi) is 4.40. The largest absolute Gasteiger partial charge is 0.478 e. The van der Waals surface area contributed by atoms with Crippen molar-refractivity contribution in [3.05, 3.63) is 35.1 Å². The van der Waals surface area contributed by atoms with Crippen LogP contribution in [-0.2, 0) is 6.54 Å². The fourth-order valence-electron chi connectivity index (χ4n) is 2.94. The Bertz CT molecular complexity index is 505. The van der Waals surface area contributed by atoms with Crippen LogP contribution >= 0.6 is 0 Å². The lowest BCUT2D eigenvalue weighted by atomic mass is 10.1. The fraction of sp³-hybridized carbons (Fsp3) is 0.533. The lowest BCUT2D eigenvalue weighted by Crippen LogP contribution is -2.34. The first kappa shape index (κ1) is 14.9. The second kappa shape index (κ2) is 5.89. The van der Waals surface area contributed by atoms with E-state index in [4.69, 9.17) is 5.11 Å². The van der Waals surface area contributed by atoms with E-state index in [0.717, 1.165) is 18.7 Å². The van der Waals surface area contributed by atoms with E-state index < -0.39 is 11.8 Å². The molecule has 2 unspecified atom stereocenters. The van der Waals surface area contributed by atoms with E-state index in [0.29, 0.717) is 18.5 Å². The van der Waals surface area contributed by atoms with Crippen molar-refractivity contribution in [2.45, 2.75) is 19.5 Å². The lowest BCUT2D eigenvalue weighted by Gasteiger charge is -2.22. The Morgan fingerprint density at radius 1 is 1.45 bits per heavy atom. The number of likely N-dealkylation sites (N-methyl/N-ethyl adjacent to an activating group) is 1. The van der Waals surface area contributed by atoms with Crippen molar-refractivity contribution < 1.29 is 14.3 Å². The number of carboxylic acid groups (broad SMARTS) is 1. The molecule has 1 aliphatic rings.